The first-order valence-electron chi connectivity index (χ1n) is 15.1. The number of amides is 1. The van der Waals surface area contributed by atoms with Gasteiger partial charge < -0.3 is 18.9 Å². The summed E-state index contributed by atoms with van der Waals surface area (Å²) in [5.41, 5.74) is -0.902. The van der Waals surface area contributed by atoms with Gasteiger partial charge in [0.1, 0.15) is 24.2 Å². The number of halogens is 3. The van der Waals surface area contributed by atoms with Crippen molar-refractivity contribution >= 4 is 17.5 Å². The molecule has 0 aliphatic carbocycles. The highest BCUT2D eigenvalue weighted by molar-refractivity contribution is 6.31. The number of likely N-dealkylation sites (N-methyl/N-ethyl adjacent to an activating group) is 1. The van der Waals surface area contributed by atoms with Gasteiger partial charge in [-0.2, -0.15) is 20.2 Å². The number of rotatable bonds is 10. The first-order chi connectivity index (χ1) is 21.9. The van der Waals surface area contributed by atoms with Crippen LogP contribution >= 0.6 is 11.6 Å². The number of benzene rings is 1. The Balaban J connectivity index is 1.46. The predicted octanol–water partition coefficient (Wildman–Crippen LogP) is 5.29. The van der Waals surface area contributed by atoms with Gasteiger partial charge in [0.05, 0.1) is 24.0 Å². The Bertz CT molecular complexity index is 1610. The third-order valence-corrected chi connectivity index (χ3v) is 8.88. The summed E-state index contributed by atoms with van der Waals surface area (Å²) in [7, 11) is 1.84. The molecular weight excluding hydrogens is 620 g/mol. The fourth-order valence-electron chi connectivity index (χ4n) is 6.18. The summed E-state index contributed by atoms with van der Waals surface area (Å²) in [6.07, 6.45) is 0.816. The van der Waals surface area contributed by atoms with Gasteiger partial charge in [0, 0.05) is 48.6 Å². The number of nitrogens with zero attached hydrogens (tertiary/aromatic N) is 7. The molecule has 2 aliphatic heterocycles. The van der Waals surface area contributed by atoms with Crippen LogP contribution in [0.2, 0.25) is 5.02 Å². The maximum absolute atomic E-state index is 14.9. The van der Waals surface area contributed by atoms with Crippen LogP contribution in [0.1, 0.15) is 57.9 Å². The van der Waals surface area contributed by atoms with Crippen molar-refractivity contribution in [1.29, 1.82) is 5.26 Å². The number of alkyl halides is 1. The first-order valence-corrected chi connectivity index (χ1v) is 15.4. The Labute approximate surface area is 271 Å². The molecular formula is C32H36ClF2N7O4. The van der Waals surface area contributed by atoms with Crippen LogP contribution in [-0.2, 0) is 10.2 Å². The maximum atomic E-state index is 14.9. The molecule has 3 aromatic rings. The minimum atomic E-state index is -1.10. The number of carbonyl (C=O) groups excluding carboxylic acids is 1. The van der Waals surface area contributed by atoms with Gasteiger partial charge in [0.25, 0.3) is 0 Å². The smallest absolute Gasteiger partial charge is 0.246 e. The minimum absolute atomic E-state index is 0.00838. The van der Waals surface area contributed by atoms with E-state index >= 15 is 0 Å². The van der Waals surface area contributed by atoms with Gasteiger partial charge in [0.15, 0.2) is 0 Å². The van der Waals surface area contributed by atoms with Gasteiger partial charge in [-0.1, -0.05) is 29.4 Å². The Kier molecular flexibility index (Phi) is 9.88. The molecule has 5 rings (SSSR count). The van der Waals surface area contributed by atoms with Crippen molar-refractivity contribution in [3.63, 3.8) is 0 Å². The van der Waals surface area contributed by atoms with Gasteiger partial charge in [-0.15, -0.1) is 0 Å². The van der Waals surface area contributed by atoms with Crippen LogP contribution in [-0.4, -0.2) is 86.4 Å². The molecule has 0 saturated carbocycles. The van der Waals surface area contributed by atoms with Crippen LogP contribution in [0.3, 0.4) is 0 Å². The minimum Gasteiger partial charge on any atom is -0.474 e. The lowest BCUT2D eigenvalue weighted by atomic mass is 9.84. The molecule has 0 spiro atoms. The van der Waals surface area contributed by atoms with E-state index in [0.717, 1.165) is 0 Å². The number of ether oxygens (including phenoxy) is 2. The topological polar surface area (TPSA) is 130 Å². The van der Waals surface area contributed by atoms with Gasteiger partial charge in [-0.3, -0.25) is 9.69 Å². The zero-order chi connectivity index (χ0) is 33.2. The normalized spacial score (nSPS) is 22.7. The highest BCUT2D eigenvalue weighted by Gasteiger charge is 2.37. The summed E-state index contributed by atoms with van der Waals surface area (Å²) in [6, 6.07) is 7.54. The van der Waals surface area contributed by atoms with Crippen LogP contribution < -0.4 is 9.47 Å². The largest absolute Gasteiger partial charge is 0.474 e. The van der Waals surface area contributed by atoms with Crippen LogP contribution in [0.25, 0.3) is 11.6 Å². The van der Waals surface area contributed by atoms with E-state index in [-0.39, 0.29) is 70.4 Å². The number of hydrogen-bond acceptors (Lipinski definition) is 10. The first kappa shape index (κ1) is 33.2. The quantitative estimate of drug-likeness (QED) is 0.266. The molecule has 5 atom stereocenters. The van der Waals surface area contributed by atoms with Crippen LogP contribution in [0, 0.1) is 17.1 Å². The van der Waals surface area contributed by atoms with E-state index in [1.807, 2.05) is 18.9 Å². The van der Waals surface area contributed by atoms with Crippen molar-refractivity contribution in [1.82, 2.24) is 29.9 Å². The maximum Gasteiger partial charge on any atom is 0.246 e. The second-order valence-corrected chi connectivity index (χ2v) is 12.6. The third kappa shape index (κ3) is 6.98. The Morgan fingerprint density at radius 2 is 2.04 bits per heavy atom. The van der Waals surface area contributed by atoms with Crippen LogP contribution in [0.15, 0.2) is 41.4 Å². The molecule has 14 heteroatoms. The van der Waals surface area contributed by atoms with Crippen LogP contribution in [0.4, 0.5) is 8.78 Å². The van der Waals surface area contributed by atoms with Gasteiger partial charge in [-0.05, 0) is 52.4 Å². The number of piperidine rings is 1. The van der Waals surface area contributed by atoms with Crippen molar-refractivity contribution in [2.24, 2.45) is 0 Å². The van der Waals surface area contributed by atoms with E-state index in [9.17, 15) is 18.8 Å². The summed E-state index contributed by atoms with van der Waals surface area (Å²) >= 11 is 6.35. The van der Waals surface area contributed by atoms with Gasteiger partial charge >= 0.3 is 0 Å². The fourth-order valence-corrected chi connectivity index (χ4v) is 6.58. The molecule has 244 valence electrons. The molecule has 0 bridgehead atoms. The average Bonchev–Trinajstić information content (AvgIpc) is 3.64. The number of hydrogen-bond donors (Lipinski definition) is 0. The zero-order valence-electron chi connectivity index (χ0n) is 26.1. The summed E-state index contributed by atoms with van der Waals surface area (Å²) in [6.45, 7) is 9.51. The average molecular weight is 656 g/mol. The molecule has 0 radical (unpaired) electrons. The molecule has 0 N–H and O–H groups in total. The highest BCUT2D eigenvalue weighted by atomic mass is 35.5. The molecule has 2 saturated heterocycles. The monoisotopic (exact) mass is 655 g/mol. The Morgan fingerprint density at radius 3 is 2.72 bits per heavy atom. The van der Waals surface area contributed by atoms with E-state index in [1.54, 1.807) is 24.8 Å². The van der Waals surface area contributed by atoms with Crippen molar-refractivity contribution < 1.29 is 27.6 Å². The van der Waals surface area contributed by atoms with E-state index in [0.29, 0.717) is 32.4 Å². The molecule has 11 nitrogen and oxygen atoms in total. The summed E-state index contributed by atoms with van der Waals surface area (Å²) in [5.74, 6) is -0.333. The zero-order valence-corrected chi connectivity index (χ0v) is 26.9. The number of nitriles is 1. The highest BCUT2D eigenvalue weighted by Crippen LogP contribution is 2.38. The number of likely N-dealkylation sites (tertiary alicyclic amines) is 2. The SMILES string of the molecule is C=CC(=O)N1CC[C@H](Oc2cc(O[C@@H](C)[C@@H]3C[C@H](F)CN3C)nc(-c3noc(C(C)(C)c4c(F)cccc4Cl)n3)n2)C[C@H]1CC#N. The predicted molar refractivity (Wildman–Crippen MR) is 164 cm³/mol. The lowest BCUT2D eigenvalue weighted by Crippen LogP contribution is -2.48. The molecule has 2 aliphatic rings. The van der Waals surface area contributed by atoms with E-state index in [1.165, 1.54) is 24.3 Å². The number of carbonyl (C=O) groups is 1. The number of aromatic nitrogens is 4. The summed E-state index contributed by atoms with van der Waals surface area (Å²) < 4.78 is 47.1. The molecule has 2 fully saturated rings. The van der Waals surface area contributed by atoms with Crippen molar-refractivity contribution in [2.75, 3.05) is 20.1 Å². The van der Waals surface area contributed by atoms with Gasteiger partial charge in [-0.25, -0.2) is 8.78 Å². The van der Waals surface area contributed by atoms with Crippen LogP contribution in [0.5, 0.6) is 11.8 Å². The Hall–Kier alpha value is -4.15. The molecule has 4 heterocycles. The third-order valence-electron chi connectivity index (χ3n) is 8.57. The van der Waals surface area contributed by atoms with Crippen molar-refractivity contribution in [2.45, 2.75) is 82.3 Å². The molecule has 0 unspecified atom stereocenters. The lowest BCUT2D eigenvalue weighted by Gasteiger charge is -2.37. The summed E-state index contributed by atoms with van der Waals surface area (Å²) in [4.78, 5) is 29.5. The van der Waals surface area contributed by atoms with E-state index < -0.39 is 23.5 Å². The molecule has 46 heavy (non-hydrogen) atoms. The Morgan fingerprint density at radius 1 is 1.28 bits per heavy atom. The second kappa shape index (κ2) is 13.7. The lowest BCUT2D eigenvalue weighted by molar-refractivity contribution is -0.130. The van der Waals surface area contributed by atoms with Gasteiger partial charge in [0.2, 0.25) is 35.2 Å². The summed E-state index contributed by atoms with van der Waals surface area (Å²) in [5, 5.41) is 13.7. The van der Waals surface area contributed by atoms with E-state index in [2.05, 4.69) is 32.8 Å². The fraction of sp³-hybridized carbons (Fsp3) is 0.500. The molecule has 1 amide bonds. The van der Waals surface area contributed by atoms with E-state index in [4.69, 9.17) is 25.6 Å². The standard InChI is InChI=1S/C32H36ClF2N7O4/c1-6-27(43)42-13-11-21(15-20(42)10-12-36)45-26-16-25(44-18(2)24-14-19(34)17-41(24)5)37-29(38-26)30-39-31(46-40-30)32(3,4)28-22(33)8-7-9-23(28)35/h6-9,16,18-21,24H,1,10-11,13-15,17H2,2-5H3/t18-,19-,20+,21-,24-/m0/s1. The van der Waals surface area contributed by atoms with Crippen molar-refractivity contribution in [3.8, 4) is 29.5 Å². The molecule has 2 aromatic heterocycles. The second-order valence-electron chi connectivity index (χ2n) is 12.2. The van der Waals surface area contributed by atoms with Crippen molar-refractivity contribution in [3.05, 3.63) is 59.2 Å². The molecule has 1 aromatic carbocycles.